The van der Waals surface area contributed by atoms with E-state index in [2.05, 4.69) is 91.0 Å². The molecule has 0 aliphatic carbocycles. The van der Waals surface area contributed by atoms with Crippen molar-refractivity contribution in [3.05, 3.63) is 127 Å². The SMILES string of the molecule is Fc1[c-]c(F)cc(F)c1.[Au+].c1ccc(P(c2ccccc2)c2ccccc2)cc1. The molecule has 0 spiro atoms. The molecule has 4 rings (SSSR count). The van der Waals surface area contributed by atoms with E-state index < -0.39 is 25.4 Å². The van der Waals surface area contributed by atoms with Gasteiger partial charge in [0.05, 0.1) is 0 Å². The van der Waals surface area contributed by atoms with Gasteiger partial charge < -0.3 is 0 Å². The molecule has 0 heterocycles. The average Bonchev–Trinajstić information content (AvgIpc) is 2.70. The summed E-state index contributed by atoms with van der Waals surface area (Å²) in [5.74, 6) is -2.97. The van der Waals surface area contributed by atoms with Crippen LogP contribution in [0.4, 0.5) is 13.2 Å². The van der Waals surface area contributed by atoms with E-state index in [4.69, 9.17) is 0 Å². The minimum atomic E-state index is -1.02. The molecule has 0 atom stereocenters. The van der Waals surface area contributed by atoms with Gasteiger partial charge in [0.15, 0.2) is 0 Å². The van der Waals surface area contributed by atoms with Crippen LogP contribution in [0.3, 0.4) is 0 Å². The molecule has 0 aliphatic rings. The van der Waals surface area contributed by atoms with Gasteiger partial charge in [0.1, 0.15) is 0 Å². The molecular formula is C24H17AuF3P. The topological polar surface area (TPSA) is 0 Å². The number of hydrogen-bond acceptors (Lipinski definition) is 0. The van der Waals surface area contributed by atoms with E-state index in [-0.39, 0.29) is 22.4 Å². The molecule has 4 aromatic rings. The molecule has 0 aromatic heterocycles. The van der Waals surface area contributed by atoms with Gasteiger partial charge in [-0.1, -0.05) is 91.0 Å². The minimum Gasteiger partial charge on any atom is -0.236 e. The van der Waals surface area contributed by atoms with E-state index in [0.717, 1.165) is 0 Å². The Balaban J connectivity index is 0.000000255. The van der Waals surface area contributed by atoms with Crippen LogP contribution in [-0.2, 0) is 22.4 Å². The van der Waals surface area contributed by atoms with Gasteiger partial charge in [-0.05, 0) is 23.8 Å². The van der Waals surface area contributed by atoms with Gasteiger partial charge in [-0.25, -0.2) is 13.2 Å². The van der Waals surface area contributed by atoms with Gasteiger partial charge in [0, 0.05) is 17.5 Å². The van der Waals surface area contributed by atoms with Gasteiger partial charge in [-0.3, -0.25) is 0 Å². The Labute approximate surface area is 185 Å². The Bertz CT molecular complexity index is 852. The number of halogens is 3. The van der Waals surface area contributed by atoms with Gasteiger partial charge in [0.25, 0.3) is 0 Å². The average molecular weight is 590 g/mol. The summed E-state index contributed by atoms with van der Waals surface area (Å²) in [6.07, 6.45) is 0. The van der Waals surface area contributed by atoms with Crippen molar-refractivity contribution in [3.8, 4) is 0 Å². The van der Waals surface area contributed by atoms with E-state index in [9.17, 15) is 13.2 Å². The molecule has 0 saturated carbocycles. The fourth-order valence-electron chi connectivity index (χ4n) is 2.65. The molecule has 0 bridgehead atoms. The predicted molar refractivity (Wildman–Crippen MR) is 110 cm³/mol. The zero-order valence-corrected chi connectivity index (χ0v) is 18.3. The monoisotopic (exact) mass is 590 g/mol. The van der Waals surface area contributed by atoms with Crippen molar-refractivity contribution in [2.75, 3.05) is 0 Å². The third-order valence-corrected chi connectivity index (χ3v) is 6.25. The Hall–Kier alpha value is -2.16. The Morgan fingerprint density at radius 2 is 0.828 bits per heavy atom. The van der Waals surface area contributed by atoms with Crippen LogP contribution in [0.25, 0.3) is 0 Å². The molecule has 0 saturated heterocycles. The van der Waals surface area contributed by atoms with Crippen LogP contribution in [0.15, 0.2) is 103 Å². The first-order valence-corrected chi connectivity index (χ1v) is 9.97. The van der Waals surface area contributed by atoms with Gasteiger partial charge >= 0.3 is 22.4 Å². The van der Waals surface area contributed by atoms with Crippen LogP contribution in [-0.4, -0.2) is 0 Å². The van der Waals surface area contributed by atoms with E-state index in [0.29, 0.717) is 12.1 Å². The molecule has 0 fully saturated rings. The van der Waals surface area contributed by atoms with Crippen molar-refractivity contribution in [1.82, 2.24) is 0 Å². The Morgan fingerprint density at radius 1 is 0.517 bits per heavy atom. The zero-order chi connectivity index (χ0) is 19.8. The molecule has 0 radical (unpaired) electrons. The van der Waals surface area contributed by atoms with Crippen molar-refractivity contribution in [1.29, 1.82) is 0 Å². The van der Waals surface area contributed by atoms with Crippen molar-refractivity contribution >= 4 is 23.8 Å². The van der Waals surface area contributed by atoms with Gasteiger partial charge in [-0.15, -0.1) is 18.2 Å². The summed E-state index contributed by atoms with van der Waals surface area (Å²) in [7, 11) is -0.446. The standard InChI is InChI=1S/C18H15P.C6H2F3.Au/c1-4-10-16(11-5-1)19(17-12-6-2-7-13-17)18-14-8-3-9-15-18;7-4-1-5(8)3-6(9)2-4;/h1-15H;1-2H;/q;-1;+1. The summed E-state index contributed by atoms with van der Waals surface area (Å²) >= 11 is 0. The summed E-state index contributed by atoms with van der Waals surface area (Å²) in [6, 6.07) is 35.1. The van der Waals surface area contributed by atoms with Crippen molar-refractivity contribution in [2.24, 2.45) is 0 Å². The third kappa shape index (κ3) is 6.99. The molecular weight excluding hydrogens is 573 g/mol. The van der Waals surface area contributed by atoms with Crippen LogP contribution in [0.1, 0.15) is 0 Å². The van der Waals surface area contributed by atoms with Crippen LogP contribution in [0, 0.1) is 23.5 Å². The summed E-state index contributed by atoms with van der Waals surface area (Å²) in [5.41, 5.74) is 0. The van der Waals surface area contributed by atoms with Crippen molar-refractivity contribution in [2.45, 2.75) is 0 Å². The van der Waals surface area contributed by atoms with Crippen LogP contribution in [0.2, 0.25) is 0 Å². The maximum Gasteiger partial charge on any atom is 1.00 e. The second kappa shape index (κ2) is 11.7. The molecule has 0 unspecified atom stereocenters. The first-order chi connectivity index (χ1) is 13.6. The molecule has 0 aliphatic heterocycles. The number of rotatable bonds is 3. The van der Waals surface area contributed by atoms with Crippen LogP contribution >= 0.6 is 7.92 Å². The fraction of sp³-hybridized carbons (Fsp3) is 0. The molecule has 5 heteroatoms. The first-order valence-electron chi connectivity index (χ1n) is 8.62. The summed E-state index contributed by atoms with van der Waals surface area (Å²) < 4.78 is 35.7. The molecule has 0 N–H and O–H groups in total. The maximum atomic E-state index is 11.9. The molecule has 29 heavy (non-hydrogen) atoms. The van der Waals surface area contributed by atoms with Crippen molar-refractivity contribution in [3.63, 3.8) is 0 Å². The van der Waals surface area contributed by atoms with Crippen LogP contribution < -0.4 is 15.9 Å². The third-order valence-electron chi connectivity index (χ3n) is 3.81. The summed E-state index contributed by atoms with van der Waals surface area (Å²) in [4.78, 5) is 0. The first kappa shape index (κ1) is 23.1. The normalized spacial score (nSPS) is 9.93. The predicted octanol–water partition coefficient (Wildman–Crippen LogP) is 5.35. The van der Waals surface area contributed by atoms with E-state index in [1.807, 2.05) is 0 Å². The van der Waals surface area contributed by atoms with Crippen molar-refractivity contribution < 1.29 is 35.6 Å². The molecule has 4 aromatic carbocycles. The van der Waals surface area contributed by atoms with Gasteiger partial charge in [0.2, 0.25) is 0 Å². The smallest absolute Gasteiger partial charge is 0.236 e. The minimum absolute atomic E-state index is 0. The molecule has 150 valence electrons. The Morgan fingerprint density at radius 3 is 1.10 bits per heavy atom. The van der Waals surface area contributed by atoms with Crippen LogP contribution in [0.5, 0.6) is 0 Å². The maximum absolute atomic E-state index is 11.9. The number of benzene rings is 4. The fourth-order valence-corrected chi connectivity index (χ4v) is 4.95. The second-order valence-electron chi connectivity index (χ2n) is 5.84. The summed E-state index contributed by atoms with van der Waals surface area (Å²) in [6.45, 7) is 0. The number of hydrogen-bond donors (Lipinski definition) is 0. The van der Waals surface area contributed by atoms with E-state index >= 15 is 0 Å². The largest absolute Gasteiger partial charge is 1.00 e. The second-order valence-corrected chi connectivity index (χ2v) is 8.06. The quantitative estimate of drug-likeness (QED) is 0.172. The Kier molecular flexibility index (Phi) is 9.37. The molecule has 0 nitrogen and oxygen atoms in total. The van der Waals surface area contributed by atoms with E-state index in [1.54, 1.807) is 6.07 Å². The van der Waals surface area contributed by atoms with Gasteiger partial charge in [-0.2, -0.15) is 0 Å². The molecule has 0 amide bonds. The zero-order valence-electron chi connectivity index (χ0n) is 15.2. The van der Waals surface area contributed by atoms with E-state index in [1.165, 1.54) is 15.9 Å². The summed E-state index contributed by atoms with van der Waals surface area (Å²) in [5, 5.41) is 4.19.